The number of halogens is 3. The zero-order valence-electron chi connectivity index (χ0n) is 9.45. The van der Waals surface area contributed by atoms with Crippen LogP contribution in [0.25, 0.3) is 0 Å². The number of carbonyl (C=O) groups excluding carboxylic acids is 1. The predicted octanol–water partition coefficient (Wildman–Crippen LogP) is 3.69. The van der Waals surface area contributed by atoms with Gasteiger partial charge in [0.25, 0.3) is 5.91 Å². The number of benzene rings is 2. The molecule has 2 aromatic carbocycles. The lowest BCUT2D eigenvalue weighted by atomic mass is 10.2. The third-order valence-corrected chi connectivity index (χ3v) is 2.90. The Labute approximate surface area is 116 Å². The van der Waals surface area contributed by atoms with Crippen LogP contribution >= 0.6 is 15.9 Å². The summed E-state index contributed by atoms with van der Waals surface area (Å²) >= 11 is 3.13. The summed E-state index contributed by atoms with van der Waals surface area (Å²) < 4.78 is 27.0. The van der Waals surface area contributed by atoms with Crippen molar-refractivity contribution in [3.63, 3.8) is 0 Å². The molecule has 0 unspecified atom stereocenters. The van der Waals surface area contributed by atoms with Crippen molar-refractivity contribution >= 4 is 27.5 Å². The van der Waals surface area contributed by atoms with Crippen molar-refractivity contribution in [1.82, 2.24) is 0 Å². The quantitative estimate of drug-likeness (QED) is 0.883. The molecule has 3 nitrogen and oxygen atoms in total. The average molecular weight is 328 g/mol. The van der Waals surface area contributed by atoms with Gasteiger partial charge in [0, 0.05) is 4.47 Å². The van der Waals surface area contributed by atoms with E-state index in [0.29, 0.717) is 4.47 Å². The summed E-state index contributed by atoms with van der Waals surface area (Å²) in [7, 11) is 0. The van der Waals surface area contributed by atoms with E-state index in [1.165, 1.54) is 24.3 Å². The Balaban J connectivity index is 2.28. The first-order valence-electron chi connectivity index (χ1n) is 5.23. The van der Waals surface area contributed by atoms with Gasteiger partial charge in [-0.1, -0.05) is 22.0 Å². The molecule has 1 amide bonds. The molecule has 0 aliphatic heterocycles. The fourth-order valence-electron chi connectivity index (χ4n) is 1.49. The zero-order chi connectivity index (χ0) is 14.0. The molecule has 0 saturated heterocycles. The molecular weight excluding hydrogens is 320 g/mol. The van der Waals surface area contributed by atoms with E-state index in [2.05, 4.69) is 21.2 Å². The van der Waals surface area contributed by atoms with Crippen molar-refractivity contribution in [3.05, 3.63) is 58.1 Å². The molecule has 6 heteroatoms. The Bertz CT molecular complexity index is 647. The standard InChI is InChI=1S/C13H8BrF2NO2/c14-7-4-5-8(11(18)6-7)13(19)17-10-3-1-2-9(15)12(10)16/h1-6,18H,(H,17,19). The Morgan fingerprint density at radius 3 is 2.63 bits per heavy atom. The van der Waals surface area contributed by atoms with Gasteiger partial charge in [-0.3, -0.25) is 4.79 Å². The lowest BCUT2D eigenvalue weighted by molar-refractivity contribution is 0.102. The van der Waals surface area contributed by atoms with Gasteiger partial charge >= 0.3 is 0 Å². The van der Waals surface area contributed by atoms with Crippen LogP contribution in [-0.2, 0) is 0 Å². The molecule has 0 aliphatic rings. The monoisotopic (exact) mass is 327 g/mol. The van der Waals surface area contributed by atoms with E-state index < -0.39 is 17.5 Å². The fourth-order valence-corrected chi connectivity index (χ4v) is 1.84. The van der Waals surface area contributed by atoms with Crippen molar-refractivity contribution in [3.8, 4) is 5.75 Å². The highest BCUT2D eigenvalue weighted by molar-refractivity contribution is 9.10. The number of hydrogen-bond acceptors (Lipinski definition) is 2. The largest absolute Gasteiger partial charge is 0.507 e. The van der Waals surface area contributed by atoms with Crippen LogP contribution in [-0.4, -0.2) is 11.0 Å². The first-order chi connectivity index (χ1) is 8.99. The number of carbonyl (C=O) groups is 1. The molecule has 0 aliphatic carbocycles. The van der Waals surface area contributed by atoms with Crippen LogP contribution in [0.1, 0.15) is 10.4 Å². The molecule has 0 fully saturated rings. The molecule has 0 aromatic heterocycles. The van der Waals surface area contributed by atoms with Crippen LogP contribution in [0.4, 0.5) is 14.5 Å². The summed E-state index contributed by atoms with van der Waals surface area (Å²) in [5.74, 6) is -3.19. The van der Waals surface area contributed by atoms with E-state index in [4.69, 9.17) is 0 Å². The molecule has 98 valence electrons. The van der Waals surface area contributed by atoms with Gasteiger partial charge in [-0.25, -0.2) is 8.78 Å². The van der Waals surface area contributed by atoms with Crippen molar-refractivity contribution in [2.75, 3.05) is 5.32 Å². The number of nitrogens with one attached hydrogen (secondary N) is 1. The Kier molecular flexibility index (Phi) is 3.80. The average Bonchev–Trinajstić information content (AvgIpc) is 2.34. The summed E-state index contributed by atoms with van der Waals surface area (Å²) in [4.78, 5) is 11.8. The zero-order valence-corrected chi connectivity index (χ0v) is 11.0. The van der Waals surface area contributed by atoms with Gasteiger partial charge in [0.1, 0.15) is 5.75 Å². The highest BCUT2D eigenvalue weighted by Gasteiger charge is 2.15. The van der Waals surface area contributed by atoms with Crippen molar-refractivity contribution in [2.45, 2.75) is 0 Å². The van der Waals surface area contributed by atoms with Gasteiger partial charge in [0.2, 0.25) is 0 Å². The van der Waals surface area contributed by atoms with Gasteiger partial charge in [-0.15, -0.1) is 0 Å². The summed E-state index contributed by atoms with van der Waals surface area (Å²) in [6, 6.07) is 7.70. The van der Waals surface area contributed by atoms with Crippen LogP contribution in [0.2, 0.25) is 0 Å². The number of anilines is 1. The van der Waals surface area contributed by atoms with E-state index >= 15 is 0 Å². The maximum absolute atomic E-state index is 13.4. The van der Waals surface area contributed by atoms with Crippen molar-refractivity contribution in [2.24, 2.45) is 0 Å². The number of hydrogen-bond donors (Lipinski definition) is 2. The molecule has 19 heavy (non-hydrogen) atoms. The molecule has 0 saturated carbocycles. The van der Waals surface area contributed by atoms with Crippen LogP contribution in [0.3, 0.4) is 0 Å². The minimum Gasteiger partial charge on any atom is -0.507 e. The van der Waals surface area contributed by atoms with Gasteiger partial charge in [0.05, 0.1) is 11.3 Å². The summed E-state index contributed by atoms with van der Waals surface area (Å²) in [5.41, 5.74) is -0.320. The van der Waals surface area contributed by atoms with E-state index in [1.54, 1.807) is 6.07 Å². The van der Waals surface area contributed by atoms with E-state index in [9.17, 15) is 18.7 Å². The first kappa shape index (κ1) is 13.5. The summed E-state index contributed by atoms with van der Waals surface area (Å²) in [6.45, 7) is 0. The lowest BCUT2D eigenvalue weighted by Gasteiger charge is -2.08. The van der Waals surface area contributed by atoms with Crippen LogP contribution in [0, 0.1) is 11.6 Å². The molecule has 0 heterocycles. The van der Waals surface area contributed by atoms with Crippen LogP contribution in [0.15, 0.2) is 40.9 Å². The molecular formula is C13H8BrF2NO2. The first-order valence-corrected chi connectivity index (χ1v) is 6.02. The minimum atomic E-state index is -1.15. The number of aromatic hydroxyl groups is 1. The SMILES string of the molecule is O=C(Nc1cccc(F)c1F)c1ccc(Br)cc1O. The Hall–Kier alpha value is -1.95. The number of amides is 1. The van der Waals surface area contributed by atoms with Crippen LogP contribution in [0.5, 0.6) is 5.75 Å². The van der Waals surface area contributed by atoms with Crippen molar-refractivity contribution in [1.29, 1.82) is 0 Å². The third kappa shape index (κ3) is 2.90. The van der Waals surface area contributed by atoms with Gasteiger partial charge < -0.3 is 10.4 Å². The van der Waals surface area contributed by atoms with Gasteiger partial charge in [0.15, 0.2) is 11.6 Å². The van der Waals surface area contributed by atoms with Gasteiger partial charge in [-0.05, 0) is 30.3 Å². The maximum Gasteiger partial charge on any atom is 0.259 e. The molecule has 0 radical (unpaired) electrons. The highest BCUT2D eigenvalue weighted by atomic mass is 79.9. The second kappa shape index (κ2) is 5.36. The highest BCUT2D eigenvalue weighted by Crippen LogP contribution is 2.24. The topological polar surface area (TPSA) is 49.3 Å². The van der Waals surface area contributed by atoms with E-state index in [1.807, 2.05) is 0 Å². The maximum atomic E-state index is 13.4. The summed E-state index contributed by atoms with van der Waals surface area (Å²) in [6.07, 6.45) is 0. The normalized spacial score (nSPS) is 10.3. The molecule has 0 spiro atoms. The lowest BCUT2D eigenvalue weighted by Crippen LogP contribution is -2.13. The fraction of sp³-hybridized carbons (Fsp3) is 0. The van der Waals surface area contributed by atoms with Gasteiger partial charge in [-0.2, -0.15) is 0 Å². The molecule has 2 aromatic rings. The third-order valence-electron chi connectivity index (χ3n) is 2.40. The second-order valence-electron chi connectivity index (χ2n) is 3.72. The number of phenols is 1. The van der Waals surface area contributed by atoms with E-state index in [0.717, 1.165) is 6.07 Å². The molecule has 2 N–H and O–H groups in total. The Morgan fingerprint density at radius 1 is 1.21 bits per heavy atom. The minimum absolute atomic E-state index is 0.0353. The second-order valence-corrected chi connectivity index (χ2v) is 4.63. The molecule has 2 rings (SSSR count). The molecule has 0 bridgehead atoms. The van der Waals surface area contributed by atoms with E-state index in [-0.39, 0.29) is 17.0 Å². The number of rotatable bonds is 2. The number of phenolic OH excluding ortho intramolecular Hbond substituents is 1. The Morgan fingerprint density at radius 2 is 1.95 bits per heavy atom. The van der Waals surface area contributed by atoms with Crippen LogP contribution < -0.4 is 5.32 Å². The van der Waals surface area contributed by atoms with Crippen molar-refractivity contribution < 1.29 is 18.7 Å². The molecule has 0 atom stereocenters. The smallest absolute Gasteiger partial charge is 0.259 e. The predicted molar refractivity (Wildman–Crippen MR) is 70.1 cm³/mol. The summed E-state index contributed by atoms with van der Waals surface area (Å²) in [5, 5.41) is 11.8.